The van der Waals surface area contributed by atoms with E-state index in [1.165, 1.54) is 0 Å². The summed E-state index contributed by atoms with van der Waals surface area (Å²) >= 11 is 0. The van der Waals surface area contributed by atoms with Crippen LogP contribution in [0.2, 0.25) is 0 Å². The van der Waals surface area contributed by atoms with E-state index >= 15 is 0 Å². The fraction of sp³-hybridized carbons (Fsp3) is 0.417. The van der Waals surface area contributed by atoms with Gasteiger partial charge in [0.15, 0.2) is 11.5 Å². The summed E-state index contributed by atoms with van der Waals surface area (Å²) in [6, 6.07) is 11.7. The fourth-order valence-electron chi connectivity index (χ4n) is 2.69. The minimum atomic E-state index is 0.485. The standard InChI is InChI=1S/C24H30N2O3/c1-5-11-27-22-15-19(14-20(17-25)21-10-8-9-18(4)26-21)16-23(28-12-6-2)24(22)29-13-7-3/h8-10,14-16H,5-7,11-13H2,1-4H3/b20-14+. The average molecular weight is 395 g/mol. The van der Waals surface area contributed by atoms with Gasteiger partial charge >= 0.3 is 0 Å². The number of ether oxygens (including phenoxy) is 3. The van der Waals surface area contributed by atoms with E-state index < -0.39 is 0 Å². The largest absolute Gasteiger partial charge is 0.490 e. The van der Waals surface area contributed by atoms with Crippen molar-refractivity contribution < 1.29 is 14.2 Å². The van der Waals surface area contributed by atoms with Crippen LogP contribution in [0, 0.1) is 18.3 Å². The smallest absolute Gasteiger partial charge is 0.203 e. The van der Waals surface area contributed by atoms with E-state index in [-0.39, 0.29) is 0 Å². The zero-order chi connectivity index (χ0) is 21.1. The molecule has 0 aliphatic carbocycles. The van der Waals surface area contributed by atoms with Gasteiger partial charge in [-0.1, -0.05) is 26.8 Å². The van der Waals surface area contributed by atoms with E-state index in [0.29, 0.717) is 48.3 Å². The lowest BCUT2D eigenvalue weighted by molar-refractivity contribution is 0.243. The Balaban J connectivity index is 2.53. The van der Waals surface area contributed by atoms with Crippen molar-refractivity contribution in [2.45, 2.75) is 47.0 Å². The van der Waals surface area contributed by atoms with Crippen molar-refractivity contribution in [3.63, 3.8) is 0 Å². The van der Waals surface area contributed by atoms with Crippen LogP contribution in [0.4, 0.5) is 0 Å². The number of aryl methyl sites for hydroxylation is 1. The van der Waals surface area contributed by atoms with Gasteiger partial charge in [-0.25, -0.2) is 0 Å². The topological polar surface area (TPSA) is 64.4 Å². The van der Waals surface area contributed by atoms with Crippen molar-refractivity contribution in [3.05, 3.63) is 47.3 Å². The van der Waals surface area contributed by atoms with Crippen LogP contribution in [0.15, 0.2) is 30.3 Å². The Labute approximate surface area is 173 Å². The van der Waals surface area contributed by atoms with Gasteiger partial charge in [0, 0.05) is 5.69 Å². The lowest BCUT2D eigenvalue weighted by Crippen LogP contribution is -2.05. The van der Waals surface area contributed by atoms with Crippen LogP contribution in [0.25, 0.3) is 11.6 Å². The number of nitriles is 1. The van der Waals surface area contributed by atoms with Gasteiger partial charge in [-0.15, -0.1) is 0 Å². The summed E-state index contributed by atoms with van der Waals surface area (Å²) in [6.07, 6.45) is 4.47. The van der Waals surface area contributed by atoms with E-state index in [2.05, 4.69) is 31.8 Å². The molecule has 0 radical (unpaired) electrons. The van der Waals surface area contributed by atoms with E-state index in [1.54, 1.807) is 0 Å². The first kappa shape index (κ1) is 22.3. The summed E-state index contributed by atoms with van der Waals surface area (Å²) in [6.45, 7) is 9.82. The molecule has 0 atom stereocenters. The van der Waals surface area contributed by atoms with E-state index in [4.69, 9.17) is 14.2 Å². The van der Waals surface area contributed by atoms with Crippen LogP contribution in [-0.4, -0.2) is 24.8 Å². The molecule has 1 aromatic carbocycles. The van der Waals surface area contributed by atoms with Gasteiger partial charge in [0.05, 0.1) is 31.1 Å². The summed E-state index contributed by atoms with van der Waals surface area (Å²) in [7, 11) is 0. The Hall–Kier alpha value is -3.00. The van der Waals surface area contributed by atoms with Crippen molar-refractivity contribution in [1.29, 1.82) is 5.26 Å². The highest BCUT2D eigenvalue weighted by Crippen LogP contribution is 2.40. The van der Waals surface area contributed by atoms with Crippen molar-refractivity contribution in [2.75, 3.05) is 19.8 Å². The van der Waals surface area contributed by atoms with E-state index in [1.807, 2.05) is 43.3 Å². The van der Waals surface area contributed by atoms with E-state index in [9.17, 15) is 5.26 Å². The molecule has 5 nitrogen and oxygen atoms in total. The molecule has 154 valence electrons. The third-order valence-corrected chi connectivity index (χ3v) is 4.01. The molecule has 0 unspecified atom stereocenters. The van der Waals surface area contributed by atoms with Crippen LogP contribution in [0.1, 0.15) is 57.0 Å². The lowest BCUT2D eigenvalue weighted by atomic mass is 10.1. The van der Waals surface area contributed by atoms with Crippen LogP contribution in [0.3, 0.4) is 0 Å². The van der Waals surface area contributed by atoms with E-state index in [0.717, 1.165) is 30.5 Å². The molecule has 0 amide bonds. The maximum atomic E-state index is 9.68. The molecule has 2 aromatic rings. The predicted octanol–water partition coefficient (Wildman–Crippen LogP) is 5.82. The number of hydrogen-bond donors (Lipinski definition) is 0. The Morgan fingerprint density at radius 2 is 1.55 bits per heavy atom. The summed E-state index contributed by atoms with van der Waals surface area (Å²) < 4.78 is 17.9. The molecular weight excluding hydrogens is 364 g/mol. The highest BCUT2D eigenvalue weighted by Gasteiger charge is 2.16. The van der Waals surface area contributed by atoms with Crippen molar-refractivity contribution in [3.8, 4) is 23.3 Å². The lowest BCUT2D eigenvalue weighted by Gasteiger charge is -2.17. The molecular formula is C24H30N2O3. The molecule has 0 saturated carbocycles. The molecule has 0 N–H and O–H groups in total. The molecule has 0 fully saturated rings. The van der Waals surface area contributed by atoms with Crippen molar-refractivity contribution in [2.24, 2.45) is 0 Å². The maximum Gasteiger partial charge on any atom is 0.203 e. The molecule has 0 bridgehead atoms. The number of nitrogens with zero attached hydrogens (tertiary/aromatic N) is 2. The average Bonchev–Trinajstić information content (AvgIpc) is 2.73. The van der Waals surface area contributed by atoms with Gasteiger partial charge in [-0.2, -0.15) is 5.26 Å². The Bertz CT molecular complexity index is 840. The maximum absolute atomic E-state index is 9.68. The van der Waals surface area contributed by atoms with Gasteiger partial charge < -0.3 is 14.2 Å². The molecule has 29 heavy (non-hydrogen) atoms. The van der Waals surface area contributed by atoms with Gasteiger partial charge in [0.25, 0.3) is 0 Å². The normalized spacial score (nSPS) is 11.1. The number of allylic oxidation sites excluding steroid dienone is 1. The zero-order valence-corrected chi connectivity index (χ0v) is 17.8. The van der Waals surface area contributed by atoms with Gasteiger partial charge in [0.2, 0.25) is 5.75 Å². The monoisotopic (exact) mass is 394 g/mol. The summed E-state index contributed by atoms with van der Waals surface area (Å²) in [5, 5.41) is 9.68. The molecule has 0 aliphatic heterocycles. The third kappa shape index (κ3) is 6.53. The van der Waals surface area contributed by atoms with Crippen molar-refractivity contribution in [1.82, 2.24) is 4.98 Å². The van der Waals surface area contributed by atoms with Gasteiger partial charge in [-0.3, -0.25) is 4.98 Å². The molecule has 5 heteroatoms. The summed E-state index contributed by atoms with van der Waals surface area (Å²) in [4.78, 5) is 4.46. The first-order valence-corrected chi connectivity index (χ1v) is 10.2. The second-order valence-electron chi connectivity index (χ2n) is 6.73. The molecule has 0 spiro atoms. The number of pyridine rings is 1. The fourth-order valence-corrected chi connectivity index (χ4v) is 2.69. The predicted molar refractivity (Wildman–Crippen MR) is 116 cm³/mol. The summed E-state index contributed by atoms with van der Waals surface area (Å²) in [5.74, 6) is 1.89. The number of aromatic nitrogens is 1. The van der Waals surface area contributed by atoms with Crippen LogP contribution >= 0.6 is 0 Å². The molecule has 0 aliphatic rings. The Morgan fingerprint density at radius 1 is 0.966 bits per heavy atom. The minimum Gasteiger partial charge on any atom is -0.490 e. The Morgan fingerprint density at radius 3 is 2.07 bits per heavy atom. The Kier molecular flexibility index (Phi) is 9.04. The van der Waals surface area contributed by atoms with Crippen LogP contribution < -0.4 is 14.2 Å². The van der Waals surface area contributed by atoms with Gasteiger partial charge in [0.1, 0.15) is 6.07 Å². The van der Waals surface area contributed by atoms with Crippen LogP contribution in [0.5, 0.6) is 17.2 Å². The number of hydrogen-bond acceptors (Lipinski definition) is 5. The second kappa shape index (κ2) is 11.8. The highest BCUT2D eigenvalue weighted by atomic mass is 16.5. The number of benzene rings is 1. The first-order chi connectivity index (χ1) is 14.1. The van der Waals surface area contributed by atoms with Crippen LogP contribution in [-0.2, 0) is 0 Å². The molecule has 1 heterocycles. The highest BCUT2D eigenvalue weighted by molar-refractivity contribution is 5.89. The molecule has 2 rings (SSSR count). The quantitative estimate of drug-likeness (QED) is 0.449. The zero-order valence-electron chi connectivity index (χ0n) is 17.8. The third-order valence-electron chi connectivity index (χ3n) is 4.01. The summed E-state index contributed by atoms with van der Waals surface area (Å²) in [5.41, 5.74) is 2.81. The second-order valence-corrected chi connectivity index (χ2v) is 6.73. The molecule has 0 saturated heterocycles. The minimum absolute atomic E-state index is 0.485. The number of rotatable bonds is 11. The van der Waals surface area contributed by atoms with Gasteiger partial charge in [-0.05, 0) is 62.1 Å². The van der Waals surface area contributed by atoms with Crippen molar-refractivity contribution >= 4 is 11.6 Å². The SMILES string of the molecule is CCCOc1cc(/C=C(\C#N)c2cccc(C)n2)cc(OCCC)c1OCCC. The molecule has 1 aromatic heterocycles. The first-order valence-electron chi connectivity index (χ1n) is 10.2.